The Bertz CT molecular complexity index is 493. The van der Waals surface area contributed by atoms with Crippen molar-refractivity contribution in [3.05, 3.63) is 17.8 Å². The predicted octanol–water partition coefficient (Wildman–Crippen LogP) is 0.594. The summed E-state index contributed by atoms with van der Waals surface area (Å²) < 4.78 is 10.8. The molecule has 0 radical (unpaired) electrons. The maximum atomic E-state index is 12.1. The summed E-state index contributed by atoms with van der Waals surface area (Å²) in [6.45, 7) is 7.15. The van der Waals surface area contributed by atoms with Crippen LogP contribution in [0.3, 0.4) is 0 Å². The van der Waals surface area contributed by atoms with E-state index in [1.807, 2.05) is 0 Å². The van der Waals surface area contributed by atoms with Crippen molar-refractivity contribution in [3.63, 3.8) is 0 Å². The molecule has 3 heterocycles. The van der Waals surface area contributed by atoms with E-state index in [0.717, 1.165) is 65.2 Å². The average Bonchev–Trinajstić information content (AvgIpc) is 3.10. The zero-order valence-electron chi connectivity index (χ0n) is 13.6. The fraction of sp³-hybridized carbons (Fsp3) is 0.750. The lowest BCUT2D eigenvalue weighted by atomic mass is 10.00. The van der Waals surface area contributed by atoms with Crippen molar-refractivity contribution in [2.24, 2.45) is 0 Å². The van der Waals surface area contributed by atoms with Crippen molar-refractivity contribution < 1.29 is 13.9 Å². The summed E-state index contributed by atoms with van der Waals surface area (Å²) in [5.74, 6) is 0.813. The maximum absolute atomic E-state index is 12.1. The minimum atomic E-state index is -0.147. The Morgan fingerprint density at radius 1 is 1.43 bits per heavy atom. The minimum absolute atomic E-state index is 0.147. The number of nitrogens with one attached hydrogen (secondary N) is 2. The molecule has 1 atom stereocenters. The number of rotatable bonds is 6. The molecule has 1 aromatic heterocycles. The van der Waals surface area contributed by atoms with Crippen LogP contribution in [0.2, 0.25) is 0 Å². The van der Waals surface area contributed by atoms with E-state index in [2.05, 4.69) is 20.5 Å². The van der Waals surface area contributed by atoms with Crippen LogP contribution >= 0.6 is 0 Å². The van der Waals surface area contributed by atoms with E-state index in [1.165, 1.54) is 6.26 Å². The Morgan fingerprint density at radius 2 is 2.30 bits per heavy atom. The lowest BCUT2D eigenvalue weighted by molar-refractivity contribution is 0.0374. The second kappa shape index (κ2) is 8.42. The standard InChI is InChI=1S/C16H26N4O3/c21-15(18-5-2-6-20-7-9-22-10-8-20)14-12-23-16(19-14)13-3-1-4-17-11-13/h12-13,17H,1-11H2,(H,18,21). The summed E-state index contributed by atoms with van der Waals surface area (Å²) >= 11 is 0. The zero-order chi connectivity index (χ0) is 15.9. The molecular weight excluding hydrogens is 296 g/mol. The van der Waals surface area contributed by atoms with Crippen LogP contribution in [-0.2, 0) is 4.74 Å². The van der Waals surface area contributed by atoms with Gasteiger partial charge in [-0.25, -0.2) is 4.98 Å². The van der Waals surface area contributed by atoms with Crippen LogP contribution in [0.15, 0.2) is 10.7 Å². The fourth-order valence-corrected chi connectivity index (χ4v) is 3.06. The first-order valence-corrected chi connectivity index (χ1v) is 8.57. The van der Waals surface area contributed by atoms with Crippen molar-refractivity contribution in [1.29, 1.82) is 0 Å². The summed E-state index contributed by atoms with van der Waals surface area (Å²) in [5, 5.41) is 6.25. The summed E-state index contributed by atoms with van der Waals surface area (Å²) in [7, 11) is 0. The SMILES string of the molecule is O=C(NCCCN1CCOCC1)c1coc(C2CCCNC2)n1. The summed E-state index contributed by atoms with van der Waals surface area (Å²) in [6.07, 6.45) is 4.59. The molecular formula is C16H26N4O3. The summed E-state index contributed by atoms with van der Waals surface area (Å²) in [6, 6.07) is 0. The molecule has 23 heavy (non-hydrogen) atoms. The molecule has 2 N–H and O–H groups in total. The molecule has 0 bridgehead atoms. The number of amides is 1. The number of hydrogen-bond donors (Lipinski definition) is 2. The molecule has 0 aromatic carbocycles. The summed E-state index contributed by atoms with van der Waals surface area (Å²) in [5.41, 5.74) is 0.386. The minimum Gasteiger partial charge on any atom is -0.448 e. The highest BCUT2D eigenvalue weighted by atomic mass is 16.5. The van der Waals surface area contributed by atoms with E-state index in [9.17, 15) is 4.79 Å². The van der Waals surface area contributed by atoms with Gasteiger partial charge in [0, 0.05) is 32.1 Å². The van der Waals surface area contributed by atoms with Gasteiger partial charge in [-0.05, 0) is 32.4 Å². The van der Waals surface area contributed by atoms with Gasteiger partial charge in [-0.1, -0.05) is 0 Å². The average molecular weight is 322 g/mol. The van der Waals surface area contributed by atoms with Crippen LogP contribution in [0.4, 0.5) is 0 Å². The van der Waals surface area contributed by atoms with Crippen LogP contribution in [0.5, 0.6) is 0 Å². The lowest BCUT2D eigenvalue weighted by Gasteiger charge is -2.26. The first kappa shape index (κ1) is 16.4. The third-order valence-electron chi connectivity index (χ3n) is 4.44. The molecule has 7 heteroatoms. The van der Waals surface area contributed by atoms with Crippen LogP contribution in [0, 0.1) is 0 Å². The molecule has 1 amide bonds. The number of nitrogens with zero attached hydrogens (tertiary/aromatic N) is 2. The van der Waals surface area contributed by atoms with Gasteiger partial charge in [0.25, 0.3) is 5.91 Å². The van der Waals surface area contributed by atoms with Gasteiger partial charge < -0.3 is 19.8 Å². The smallest absolute Gasteiger partial charge is 0.273 e. The monoisotopic (exact) mass is 322 g/mol. The molecule has 0 aliphatic carbocycles. The maximum Gasteiger partial charge on any atom is 0.273 e. The van der Waals surface area contributed by atoms with Crippen molar-refractivity contribution in [2.75, 3.05) is 52.5 Å². The Balaban J connectivity index is 1.38. The molecule has 128 valence electrons. The second-order valence-corrected chi connectivity index (χ2v) is 6.18. The zero-order valence-corrected chi connectivity index (χ0v) is 13.6. The summed E-state index contributed by atoms with van der Waals surface area (Å²) in [4.78, 5) is 18.8. The number of piperidine rings is 1. The quantitative estimate of drug-likeness (QED) is 0.747. The second-order valence-electron chi connectivity index (χ2n) is 6.18. The van der Waals surface area contributed by atoms with Gasteiger partial charge in [-0.2, -0.15) is 0 Å². The number of morpholine rings is 1. The van der Waals surface area contributed by atoms with E-state index in [0.29, 0.717) is 18.1 Å². The van der Waals surface area contributed by atoms with Gasteiger partial charge in [-0.3, -0.25) is 9.69 Å². The Morgan fingerprint density at radius 3 is 3.09 bits per heavy atom. The molecule has 2 saturated heterocycles. The van der Waals surface area contributed by atoms with Gasteiger partial charge in [0.1, 0.15) is 6.26 Å². The number of aromatic nitrogens is 1. The molecule has 3 rings (SSSR count). The van der Waals surface area contributed by atoms with E-state index in [-0.39, 0.29) is 11.8 Å². The van der Waals surface area contributed by atoms with Crippen molar-refractivity contribution in [2.45, 2.75) is 25.2 Å². The number of ether oxygens (including phenoxy) is 1. The van der Waals surface area contributed by atoms with Crippen molar-refractivity contribution in [1.82, 2.24) is 20.5 Å². The number of hydrogen-bond acceptors (Lipinski definition) is 6. The van der Waals surface area contributed by atoms with Crippen LogP contribution in [-0.4, -0.2) is 68.3 Å². The molecule has 2 fully saturated rings. The van der Waals surface area contributed by atoms with E-state index in [4.69, 9.17) is 9.15 Å². The van der Waals surface area contributed by atoms with Gasteiger partial charge in [0.2, 0.25) is 0 Å². The van der Waals surface area contributed by atoms with Crippen LogP contribution in [0.25, 0.3) is 0 Å². The van der Waals surface area contributed by atoms with Gasteiger partial charge in [0.15, 0.2) is 11.6 Å². The van der Waals surface area contributed by atoms with Gasteiger partial charge >= 0.3 is 0 Å². The highest BCUT2D eigenvalue weighted by Gasteiger charge is 2.21. The van der Waals surface area contributed by atoms with Gasteiger partial charge in [0.05, 0.1) is 13.2 Å². The van der Waals surface area contributed by atoms with Crippen LogP contribution in [0.1, 0.15) is 41.6 Å². The van der Waals surface area contributed by atoms with E-state index >= 15 is 0 Å². The molecule has 1 aromatic rings. The number of oxazole rings is 1. The Labute approximate surface area is 136 Å². The first-order valence-electron chi connectivity index (χ1n) is 8.57. The third kappa shape index (κ3) is 4.76. The van der Waals surface area contributed by atoms with Crippen LogP contribution < -0.4 is 10.6 Å². The normalized spacial score (nSPS) is 22.9. The predicted molar refractivity (Wildman–Crippen MR) is 85.6 cm³/mol. The number of carbonyl (C=O) groups is 1. The molecule has 7 nitrogen and oxygen atoms in total. The third-order valence-corrected chi connectivity index (χ3v) is 4.44. The Hall–Kier alpha value is -1.44. The largest absolute Gasteiger partial charge is 0.448 e. The molecule has 2 aliphatic rings. The molecule has 1 unspecified atom stereocenters. The van der Waals surface area contributed by atoms with E-state index in [1.54, 1.807) is 0 Å². The fourth-order valence-electron chi connectivity index (χ4n) is 3.06. The first-order chi connectivity index (χ1) is 11.3. The molecule has 2 aliphatic heterocycles. The van der Waals surface area contributed by atoms with Crippen molar-refractivity contribution in [3.8, 4) is 0 Å². The Kier molecular flexibility index (Phi) is 6.01. The molecule has 0 saturated carbocycles. The van der Waals surface area contributed by atoms with E-state index < -0.39 is 0 Å². The topological polar surface area (TPSA) is 79.6 Å². The number of carbonyl (C=O) groups excluding carboxylic acids is 1. The highest BCUT2D eigenvalue weighted by Crippen LogP contribution is 2.22. The molecule has 0 spiro atoms. The lowest BCUT2D eigenvalue weighted by Crippen LogP contribution is -2.38. The highest BCUT2D eigenvalue weighted by molar-refractivity contribution is 5.91. The van der Waals surface area contributed by atoms with Crippen molar-refractivity contribution >= 4 is 5.91 Å². The van der Waals surface area contributed by atoms with Gasteiger partial charge in [-0.15, -0.1) is 0 Å².